The van der Waals surface area contributed by atoms with Gasteiger partial charge in [-0.25, -0.2) is 0 Å². The largest absolute Gasteiger partial charge is 0.298 e. The lowest BCUT2D eigenvalue weighted by molar-refractivity contribution is -0.115. The first-order valence-electron chi connectivity index (χ1n) is 3.69. The molecule has 0 bridgehead atoms. The van der Waals surface area contributed by atoms with Gasteiger partial charge in [-0.15, -0.1) is 12.6 Å². The van der Waals surface area contributed by atoms with Gasteiger partial charge in [0.05, 0.1) is 5.33 Å². The van der Waals surface area contributed by atoms with E-state index in [0.29, 0.717) is 11.8 Å². The first-order chi connectivity index (χ1) is 6.15. The highest BCUT2D eigenvalue weighted by Gasteiger charge is 2.08. The van der Waals surface area contributed by atoms with Crippen molar-refractivity contribution in [1.29, 1.82) is 0 Å². The molecule has 0 spiro atoms. The molecule has 0 aromatic heterocycles. The summed E-state index contributed by atoms with van der Waals surface area (Å²) < 4.78 is 0.939. The Balaban J connectivity index is 2.93. The normalized spacial score (nSPS) is 10.1. The maximum Gasteiger partial charge on any atom is 0.147 e. The van der Waals surface area contributed by atoms with Gasteiger partial charge in [-0.05, 0) is 17.7 Å². The zero-order chi connectivity index (χ0) is 9.84. The first-order valence-corrected chi connectivity index (χ1v) is 6.05. The Kier molecular flexibility index (Phi) is 4.49. The molecule has 0 saturated heterocycles. The van der Waals surface area contributed by atoms with E-state index in [-0.39, 0.29) is 5.78 Å². The maximum absolute atomic E-state index is 11.2. The number of alkyl halides is 1. The summed E-state index contributed by atoms with van der Waals surface area (Å²) in [6.07, 6.45) is 0.422. The molecule has 1 aromatic rings. The molecule has 0 aliphatic rings. The second-order valence-electron chi connectivity index (χ2n) is 2.59. The van der Waals surface area contributed by atoms with Crippen molar-refractivity contribution in [3.63, 3.8) is 0 Å². The molecular formula is C9H8Br2OS. The number of benzene rings is 1. The Morgan fingerprint density at radius 1 is 1.46 bits per heavy atom. The Morgan fingerprint density at radius 3 is 2.69 bits per heavy atom. The molecule has 1 rings (SSSR count). The summed E-state index contributed by atoms with van der Waals surface area (Å²) in [6.45, 7) is 0. The predicted octanol–water partition coefficient (Wildman–Crippen LogP) is 3.24. The number of halogens is 2. The van der Waals surface area contributed by atoms with E-state index in [1.165, 1.54) is 0 Å². The molecule has 0 fully saturated rings. The Hall–Kier alpha value is 0.200. The third-order valence-corrected chi connectivity index (χ3v) is 3.40. The van der Waals surface area contributed by atoms with Crippen LogP contribution in [0.1, 0.15) is 5.56 Å². The summed E-state index contributed by atoms with van der Waals surface area (Å²) in [5.41, 5.74) is 0.954. The zero-order valence-electron chi connectivity index (χ0n) is 6.76. The van der Waals surface area contributed by atoms with Crippen LogP contribution in [0.5, 0.6) is 0 Å². The lowest BCUT2D eigenvalue weighted by atomic mass is 10.1. The molecule has 4 heteroatoms. The van der Waals surface area contributed by atoms with Gasteiger partial charge in [0, 0.05) is 15.8 Å². The van der Waals surface area contributed by atoms with Gasteiger partial charge < -0.3 is 0 Å². The van der Waals surface area contributed by atoms with E-state index in [9.17, 15) is 4.79 Å². The van der Waals surface area contributed by atoms with Crippen LogP contribution in [0, 0.1) is 0 Å². The first kappa shape index (κ1) is 11.3. The van der Waals surface area contributed by atoms with E-state index in [0.717, 1.165) is 14.9 Å². The monoisotopic (exact) mass is 322 g/mol. The van der Waals surface area contributed by atoms with Crippen LogP contribution in [0.3, 0.4) is 0 Å². The predicted molar refractivity (Wildman–Crippen MR) is 63.9 cm³/mol. The van der Waals surface area contributed by atoms with E-state index in [4.69, 9.17) is 0 Å². The third kappa shape index (κ3) is 3.11. The van der Waals surface area contributed by atoms with Gasteiger partial charge in [-0.1, -0.05) is 37.9 Å². The summed E-state index contributed by atoms with van der Waals surface area (Å²) >= 11 is 10.8. The fourth-order valence-electron chi connectivity index (χ4n) is 0.967. The standard InChI is InChI=1S/C9H8Br2OS/c10-5-6(12)4-7-8(11)2-1-3-9(7)13/h1-3,13H,4-5H2. The number of Topliss-reactive ketones (excluding diaryl/α,β-unsaturated/α-hetero) is 1. The molecule has 13 heavy (non-hydrogen) atoms. The Bertz CT molecular complexity index is 305. The Morgan fingerprint density at radius 2 is 2.15 bits per heavy atom. The summed E-state index contributed by atoms with van der Waals surface area (Å²) in [4.78, 5) is 12.0. The number of thiol groups is 1. The topological polar surface area (TPSA) is 17.1 Å². The van der Waals surface area contributed by atoms with E-state index >= 15 is 0 Å². The van der Waals surface area contributed by atoms with Crippen LogP contribution in [-0.4, -0.2) is 11.1 Å². The molecule has 0 radical (unpaired) electrons. The number of carbonyl (C=O) groups excluding carboxylic acids is 1. The van der Waals surface area contributed by atoms with Crippen LogP contribution in [0.4, 0.5) is 0 Å². The van der Waals surface area contributed by atoms with Crippen molar-refractivity contribution >= 4 is 50.3 Å². The number of hydrogen-bond donors (Lipinski definition) is 1. The molecular weight excluding hydrogens is 316 g/mol. The Labute approximate surface area is 99.6 Å². The van der Waals surface area contributed by atoms with E-state index in [1.54, 1.807) is 0 Å². The molecule has 0 saturated carbocycles. The van der Waals surface area contributed by atoms with Crippen LogP contribution in [0.2, 0.25) is 0 Å². The highest BCUT2D eigenvalue weighted by Crippen LogP contribution is 2.24. The quantitative estimate of drug-likeness (QED) is 0.667. The highest BCUT2D eigenvalue weighted by molar-refractivity contribution is 9.10. The summed E-state index contributed by atoms with van der Waals surface area (Å²) in [7, 11) is 0. The summed E-state index contributed by atoms with van der Waals surface area (Å²) in [5, 5.41) is 0.390. The van der Waals surface area contributed by atoms with Crippen LogP contribution >= 0.6 is 44.5 Å². The van der Waals surface area contributed by atoms with Crippen molar-refractivity contribution in [2.45, 2.75) is 11.3 Å². The van der Waals surface area contributed by atoms with E-state index in [2.05, 4.69) is 44.5 Å². The minimum absolute atomic E-state index is 0.155. The van der Waals surface area contributed by atoms with Crippen molar-refractivity contribution in [2.24, 2.45) is 0 Å². The minimum Gasteiger partial charge on any atom is -0.298 e. The van der Waals surface area contributed by atoms with Crippen LogP contribution in [-0.2, 0) is 11.2 Å². The fraction of sp³-hybridized carbons (Fsp3) is 0.222. The average molecular weight is 324 g/mol. The molecule has 0 N–H and O–H groups in total. The minimum atomic E-state index is 0.155. The number of carbonyl (C=O) groups is 1. The van der Waals surface area contributed by atoms with Crippen molar-refractivity contribution in [2.75, 3.05) is 5.33 Å². The van der Waals surface area contributed by atoms with Gasteiger partial charge in [-0.2, -0.15) is 0 Å². The van der Waals surface area contributed by atoms with Crippen molar-refractivity contribution in [1.82, 2.24) is 0 Å². The van der Waals surface area contributed by atoms with Gasteiger partial charge in [0.1, 0.15) is 5.78 Å². The molecule has 0 unspecified atom stereocenters. The van der Waals surface area contributed by atoms with Crippen molar-refractivity contribution in [3.8, 4) is 0 Å². The van der Waals surface area contributed by atoms with Crippen LogP contribution < -0.4 is 0 Å². The average Bonchev–Trinajstić information content (AvgIpc) is 2.11. The summed E-state index contributed by atoms with van der Waals surface area (Å²) in [6, 6.07) is 5.69. The lowest BCUT2D eigenvalue weighted by Gasteiger charge is -2.05. The molecule has 1 aromatic carbocycles. The number of ketones is 1. The highest BCUT2D eigenvalue weighted by atomic mass is 79.9. The molecule has 0 amide bonds. The molecule has 0 atom stereocenters. The van der Waals surface area contributed by atoms with E-state index in [1.807, 2.05) is 18.2 Å². The zero-order valence-corrected chi connectivity index (χ0v) is 10.8. The molecule has 0 aliphatic carbocycles. The molecule has 1 nitrogen and oxygen atoms in total. The maximum atomic E-state index is 11.2. The number of rotatable bonds is 3. The number of hydrogen-bond acceptors (Lipinski definition) is 2. The molecule has 0 heterocycles. The smallest absolute Gasteiger partial charge is 0.147 e. The lowest BCUT2D eigenvalue weighted by Crippen LogP contribution is -2.04. The van der Waals surface area contributed by atoms with Crippen LogP contribution in [0.15, 0.2) is 27.6 Å². The SMILES string of the molecule is O=C(CBr)Cc1c(S)cccc1Br. The van der Waals surface area contributed by atoms with E-state index < -0.39 is 0 Å². The molecule has 70 valence electrons. The van der Waals surface area contributed by atoms with Gasteiger partial charge in [0.25, 0.3) is 0 Å². The van der Waals surface area contributed by atoms with Gasteiger partial charge in [-0.3, -0.25) is 4.79 Å². The third-order valence-electron chi connectivity index (χ3n) is 1.62. The van der Waals surface area contributed by atoms with Gasteiger partial charge in [0.15, 0.2) is 0 Å². The second kappa shape index (κ2) is 5.17. The van der Waals surface area contributed by atoms with Gasteiger partial charge >= 0.3 is 0 Å². The second-order valence-corrected chi connectivity index (χ2v) is 4.48. The fourth-order valence-corrected chi connectivity index (χ4v) is 2.11. The van der Waals surface area contributed by atoms with Gasteiger partial charge in [0.2, 0.25) is 0 Å². The molecule has 0 aliphatic heterocycles. The van der Waals surface area contributed by atoms with Crippen molar-refractivity contribution in [3.05, 3.63) is 28.2 Å². The van der Waals surface area contributed by atoms with Crippen LogP contribution in [0.25, 0.3) is 0 Å². The summed E-state index contributed by atoms with van der Waals surface area (Å²) in [5.74, 6) is 0.155. The van der Waals surface area contributed by atoms with Crippen molar-refractivity contribution < 1.29 is 4.79 Å².